The standard InChI is InChI=1S/C21H19N5O2S/c1-13-18(20(28)26-15-5-3-2-4-6-15)19(14-7-9-24-10-8-14)16(11-22)21(25-13)29-12-17(23)27/h2-10,19,25H,12H2,1H3,(H2,23,27)(H,26,28)/t19-/m0/s1. The highest BCUT2D eigenvalue weighted by molar-refractivity contribution is 8.03. The van der Waals surface area contributed by atoms with Crippen LogP contribution in [0, 0.1) is 11.3 Å². The number of pyridine rings is 1. The normalized spacial score (nSPS) is 16.1. The lowest BCUT2D eigenvalue weighted by Gasteiger charge is -2.29. The van der Waals surface area contributed by atoms with Gasteiger partial charge in [0.1, 0.15) is 0 Å². The molecule has 0 spiro atoms. The predicted octanol–water partition coefficient (Wildman–Crippen LogP) is 2.63. The largest absolute Gasteiger partial charge is 0.369 e. The first-order valence-electron chi connectivity index (χ1n) is 8.80. The van der Waals surface area contributed by atoms with E-state index >= 15 is 0 Å². The van der Waals surface area contributed by atoms with Gasteiger partial charge in [-0.25, -0.2) is 0 Å². The van der Waals surface area contributed by atoms with Crippen LogP contribution in [0.2, 0.25) is 0 Å². The molecule has 0 unspecified atom stereocenters. The number of carbonyl (C=O) groups excluding carboxylic acids is 2. The second-order valence-corrected chi connectivity index (χ2v) is 7.29. The molecule has 2 heterocycles. The number of allylic oxidation sites excluding steroid dienone is 2. The molecule has 146 valence electrons. The van der Waals surface area contributed by atoms with Crippen LogP contribution >= 0.6 is 11.8 Å². The van der Waals surface area contributed by atoms with Gasteiger partial charge in [-0.15, -0.1) is 0 Å². The molecule has 29 heavy (non-hydrogen) atoms. The van der Waals surface area contributed by atoms with Crippen molar-refractivity contribution in [1.29, 1.82) is 5.26 Å². The zero-order valence-electron chi connectivity index (χ0n) is 15.7. The predicted molar refractivity (Wildman–Crippen MR) is 112 cm³/mol. The topological polar surface area (TPSA) is 121 Å². The fraction of sp³-hybridized carbons (Fsp3) is 0.143. The maximum absolute atomic E-state index is 13.2. The number of thioether (sulfide) groups is 1. The number of nitriles is 1. The Balaban J connectivity index is 2.04. The second-order valence-electron chi connectivity index (χ2n) is 6.31. The number of hydrogen-bond acceptors (Lipinski definition) is 6. The Morgan fingerprint density at radius 3 is 2.55 bits per heavy atom. The minimum atomic E-state index is -0.594. The number of benzene rings is 1. The number of dihydropyridines is 1. The maximum Gasteiger partial charge on any atom is 0.254 e. The van der Waals surface area contributed by atoms with Crippen molar-refractivity contribution < 1.29 is 9.59 Å². The molecule has 0 saturated heterocycles. The summed E-state index contributed by atoms with van der Waals surface area (Å²) in [5.74, 6) is -1.37. The molecular weight excluding hydrogens is 386 g/mol. The molecule has 0 fully saturated rings. The van der Waals surface area contributed by atoms with Crippen LogP contribution in [0.25, 0.3) is 0 Å². The summed E-state index contributed by atoms with van der Waals surface area (Å²) >= 11 is 1.15. The Bertz CT molecular complexity index is 1030. The van der Waals surface area contributed by atoms with Gasteiger partial charge in [0.05, 0.1) is 28.3 Å². The average Bonchev–Trinajstić information content (AvgIpc) is 2.72. The van der Waals surface area contributed by atoms with E-state index < -0.39 is 11.8 Å². The number of carbonyl (C=O) groups is 2. The monoisotopic (exact) mass is 405 g/mol. The van der Waals surface area contributed by atoms with Crippen molar-refractivity contribution in [2.75, 3.05) is 11.1 Å². The number of hydrogen-bond donors (Lipinski definition) is 3. The zero-order valence-corrected chi connectivity index (χ0v) is 16.5. The van der Waals surface area contributed by atoms with E-state index in [0.717, 1.165) is 17.3 Å². The number of aromatic nitrogens is 1. The van der Waals surface area contributed by atoms with E-state index in [0.29, 0.717) is 27.6 Å². The highest BCUT2D eigenvalue weighted by Crippen LogP contribution is 2.40. The molecular formula is C21H19N5O2S. The summed E-state index contributed by atoms with van der Waals surface area (Å²) in [5.41, 5.74) is 8.06. The van der Waals surface area contributed by atoms with Crippen LogP contribution in [-0.2, 0) is 9.59 Å². The van der Waals surface area contributed by atoms with Gasteiger partial charge >= 0.3 is 0 Å². The molecule has 0 radical (unpaired) electrons. The summed E-state index contributed by atoms with van der Waals surface area (Å²) in [5, 5.41) is 16.4. The van der Waals surface area contributed by atoms with Crippen molar-refractivity contribution in [3.8, 4) is 6.07 Å². The van der Waals surface area contributed by atoms with Gasteiger partial charge in [0.2, 0.25) is 5.91 Å². The Labute approximate surface area is 172 Å². The summed E-state index contributed by atoms with van der Waals surface area (Å²) in [6.07, 6.45) is 3.23. The van der Waals surface area contributed by atoms with Crippen LogP contribution in [0.15, 0.2) is 76.7 Å². The van der Waals surface area contributed by atoms with Crippen molar-refractivity contribution in [3.63, 3.8) is 0 Å². The van der Waals surface area contributed by atoms with Crippen LogP contribution in [0.1, 0.15) is 18.4 Å². The molecule has 1 atom stereocenters. The van der Waals surface area contributed by atoms with Crippen molar-refractivity contribution in [3.05, 3.63) is 82.3 Å². The van der Waals surface area contributed by atoms with Crippen LogP contribution in [-0.4, -0.2) is 22.6 Å². The smallest absolute Gasteiger partial charge is 0.254 e. The highest BCUT2D eigenvalue weighted by Gasteiger charge is 2.34. The number of para-hydroxylation sites is 1. The molecule has 0 bridgehead atoms. The number of nitrogens with zero attached hydrogens (tertiary/aromatic N) is 2. The Morgan fingerprint density at radius 1 is 1.24 bits per heavy atom. The second kappa shape index (κ2) is 9.08. The molecule has 1 aliphatic rings. The van der Waals surface area contributed by atoms with Crippen molar-refractivity contribution in [1.82, 2.24) is 10.3 Å². The fourth-order valence-electron chi connectivity index (χ4n) is 3.08. The molecule has 1 aromatic carbocycles. The quantitative estimate of drug-likeness (QED) is 0.679. The van der Waals surface area contributed by atoms with Crippen molar-refractivity contribution >= 4 is 29.3 Å². The highest BCUT2D eigenvalue weighted by atomic mass is 32.2. The van der Waals surface area contributed by atoms with Crippen molar-refractivity contribution in [2.24, 2.45) is 5.73 Å². The van der Waals surface area contributed by atoms with Gasteiger partial charge in [-0.2, -0.15) is 5.26 Å². The molecule has 1 aliphatic heterocycles. The van der Waals surface area contributed by atoms with Gasteiger partial charge in [0.25, 0.3) is 5.91 Å². The fourth-order valence-corrected chi connectivity index (χ4v) is 3.91. The van der Waals surface area contributed by atoms with Gasteiger partial charge in [-0.3, -0.25) is 14.6 Å². The number of primary amides is 1. The average molecular weight is 405 g/mol. The molecule has 0 saturated carbocycles. The van der Waals surface area contributed by atoms with Crippen LogP contribution in [0.3, 0.4) is 0 Å². The Kier molecular flexibility index (Phi) is 6.32. The number of amides is 2. The molecule has 2 amide bonds. The third kappa shape index (κ3) is 4.65. The number of nitrogens with two attached hydrogens (primary N) is 1. The molecule has 8 heteroatoms. The van der Waals surface area contributed by atoms with Gasteiger partial charge in [-0.05, 0) is 36.8 Å². The summed E-state index contributed by atoms with van der Waals surface area (Å²) < 4.78 is 0. The molecule has 7 nitrogen and oxygen atoms in total. The van der Waals surface area contributed by atoms with Gasteiger partial charge in [0, 0.05) is 29.4 Å². The molecule has 3 rings (SSSR count). The van der Waals surface area contributed by atoms with E-state index in [1.165, 1.54) is 0 Å². The van der Waals surface area contributed by atoms with Crippen LogP contribution in [0.4, 0.5) is 5.69 Å². The third-order valence-corrected chi connectivity index (χ3v) is 5.36. The molecule has 0 aliphatic carbocycles. The molecule has 2 aromatic rings. The number of anilines is 1. The summed E-state index contributed by atoms with van der Waals surface area (Å²) in [4.78, 5) is 28.4. The first-order valence-corrected chi connectivity index (χ1v) is 9.79. The van der Waals surface area contributed by atoms with Crippen LogP contribution < -0.4 is 16.4 Å². The van der Waals surface area contributed by atoms with E-state index in [-0.39, 0.29) is 11.7 Å². The first kappa shape index (κ1) is 20.2. The van der Waals surface area contributed by atoms with Gasteiger partial charge < -0.3 is 16.4 Å². The van der Waals surface area contributed by atoms with Gasteiger partial charge in [0.15, 0.2) is 0 Å². The van der Waals surface area contributed by atoms with E-state index in [1.807, 2.05) is 18.2 Å². The SMILES string of the molecule is CC1=C(C(=O)Nc2ccccc2)[C@@H](c2ccncc2)C(C#N)=C(SCC(N)=O)N1. The molecule has 1 aromatic heterocycles. The number of rotatable bonds is 6. The minimum absolute atomic E-state index is 0.0232. The van der Waals surface area contributed by atoms with E-state index in [4.69, 9.17) is 5.73 Å². The zero-order chi connectivity index (χ0) is 20.8. The summed E-state index contributed by atoms with van der Waals surface area (Å²) in [6, 6.07) is 14.9. The first-order chi connectivity index (χ1) is 14.0. The van der Waals surface area contributed by atoms with E-state index in [2.05, 4.69) is 21.7 Å². The maximum atomic E-state index is 13.2. The summed E-state index contributed by atoms with van der Waals surface area (Å²) in [6.45, 7) is 1.77. The van der Waals surface area contributed by atoms with E-state index in [1.54, 1.807) is 43.6 Å². The summed E-state index contributed by atoms with van der Waals surface area (Å²) in [7, 11) is 0. The van der Waals surface area contributed by atoms with E-state index in [9.17, 15) is 14.9 Å². The number of nitrogens with one attached hydrogen (secondary N) is 2. The Morgan fingerprint density at radius 2 is 1.93 bits per heavy atom. The Hall–Kier alpha value is -3.57. The third-order valence-electron chi connectivity index (χ3n) is 4.32. The lowest BCUT2D eigenvalue weighted by molar-refractivity contribution is -0.115. The van der Waals surface area contributed by atoms with Gasteiger partial charge in [-0.1, -0.05) is 30.0 Å². The molecule has 4 N–H and O–H groups in total. The van der Waals surface area contributed by atoms with Crippen LogP contribution in [0.5, 0.6) is 0 Å². The van der Waals surface area contributed by atoms with Crippen molar-refractivity contribution in [2.45, 2.75) is 12.8 Å². The minimum Gasteiger partial charge on any atom is -0.369 e. The lowest BCUT2D eigenvalue weighted by atomic mass is 9.82. The lowest BCUT2D eigenvalue weighted by Crippen LogP contribution is -2.31.